The molecule has 0 aromatic heterocycles. The first-order valence-electron chi connectivity index (χ1n) is 10.8. The van der Waals surface area contributed by atoms with Gasteiger partial charge in [-0.1, -0.05) is 35.1 Å². The Hall–Kier alpha value is -0.390. The number of hydrogen-bond donors (Lipinski definition) is 0. The van der Waals surface area contributed by atoms with Gasteiger partial charge in [0.1, 0.15) is 6.10 Å². The van der Waals surface area contributed by atoms with Crippen LogP contribution >= 0.6 is 22.6 Å². The smallest absolute Gasteiger partial charge is 0.302 e. The third-order valence-corrected chi connectivity index (χ3v) is 10.3. The number of carbonyl (C=O) groups is 2. The molecular formula is C23H33IO3. The fourth-order valence-corrected chi connectivity index (χ4v) is 9.23. The van der Waals surface area contributed by atoms with Crippen molar-refractivity contribution in [2.75, 3.05) is 4.43 Å². The van der Waals surface area contributed by atoms with Gasteiger partial charge in [0.05, 0.1) is 0 Å². The van der Waals surface area contributed by atoms with E-state index in [9.17, 15) is 9.59 Å². The first-order chi connectivity index (χ1) is 12.8. The van der Waals surface area contributed by atoms with E-state index in [0.29, 0.717) is 17.1 Å². The summed E-state index contributed by atoms with van der Waals surface area (Å²) in [7, 11) is 0. The molecule has 150 valence electrons. The van der Waals surface area contributed by atoms with Crippen LogP contribution in [0.5, 0.6) is 0 Å². The molecule has 0 bridgehead atoms. The molecule has 0 aliphatic heterocycles. The molecular weight excluding hydrogens is 451 g/mol. The molecule has 0 radical (unpaired) electrons. The molecule has 3 fully saturated rings. The Morgan fingerprint density at radius 1 is 1.22 bits per heavy atom. The van der Waals surface area contributed by atoms with Gasteiger partial charge in [0, 0.05) is 23.7 Å². The van der Waals surface area contributed by atoms with Gasteiger partial charge in [-0.3, -0.25) is 9.59 Å². The number of hydrogen-bond acceptors (Lipinski definition) is 3. The van der Waals surface area contributed by atoms with Crippen LogP contribution in [-0.2, 0) is 14.3 Å². The van der Waals surface area contributed by atoms with E-state index in [1.807, 2.05) is 6.08 Å². The van der Waals surface area contributed by atoms with Crippen molar-refractivity contribution in [1.29, 1.82) is 0 Å². The molecule has 0 aromatic carbocycles. The molecule has 0 N–H and O–H groups in total. The maximum atomic E-state index is 12.0. The molecule has 3 nitrogen and oxygen atoms in total. The fourth-order valence-electron chi connectivity index (χ4n) is 7.72. The third-order valence-electron chi connectivity index (χ3n) is 8.91. The lowest BCUT2D eigenvalue weighted by Crippen LogP contribution is -2.53. The van der Waals surface area contributed by atoms with Gasteiger partial charge in [-0.2, -0.15) is 0 Å². The van der Waals surface area contributed by atoms with Gasteiger partial charge in [-0.05, 0) is 86.5 Å². The number of ketones is 1. The van der Waals surface area contributed by atoms with Gasteiger partial charge in [0.2, 0.25) is 0 Å². The highest BCUT2D eigenvalue weighted by molar-refractivity contribution is 14.1. The zero-order valence-corrected chi connectivity index (χ0v) is 19.1. The van der Waals surface area contributed by atoms with Crippen LogP contribution < -0.4 is 0 Å². The Bertz CT molecular complexity index is 671. The first-order valence-corrected chi connectivity index (χ1v) is 12.3. The summed E-state index contributed by atoms with van der Waals surface area (Å²) in [6, 6.07) is 0. The van der Waals surface area contributed by atoms with E-state index in [1.54, 1.807) is 0 Å². The Labute approximate surface area is 177 Å². The quantitative estimate of drug-likeness (QED) is 0.302. The summed E-state index contributed by atoms with van der Waals surface area (Å²) in [5.41, 5.74) is 2.02. The van der Waals surface area contributed by atoms with Gasteiger partial charge in [-0.25, -0.2) is 0 Å². The van der Waals surface area contributed by atoms with E-state index in [4.69, 9.17) is 4.74 Å². The minimum absolute atomic E-state index is 0.0285. The molecule has 3 saturated carbocycles. The van der Waals surface area contributed by atoms with Crippen LogP contribution in [0, 0.1) is 34.5 Å². The molecule has 7 atom stereocenters. The van der Waals surface area contributed by atoms with Crippen molar-refractivity contribution in [3.8, 4) is 0 Å². The average molecular weight is 484 g/mol. The number of ether oxygens (including phenoxy) is 1. The molecule has 0 unspecified atom stereocenters. The molecule has 0 amide bonds. The molecule has 0 spiro atoms. The monoisotopic (exact) mass is 484 g/mol. The summed E-state index contributed by atoms with van der Waals surface area (Å²) in [6.45, 7) is 6.11. The third kappa shape index (κ3) is 3.03. The molecule has 0 aromatic rings. The maximum Gasteiger partial charge on any atom is 0.302 e. The van der Waals surface area contributed by atoms with Crippen LogP contribution in [0.15, 0.2) is 11.6 Å². The largest absolute Gasteiger partial charge is 0.463 e. The Kier molecular flexibility index (Phi) is 5.26. The van der Waals surface area contributed by atoms with Crippen LogP contribution in [0.1, 0.15) is 72.1 Å². The number of rotatable bonds is 3. The SMILES string of the molecule is CC(=O)O[C@H](C)[C@H]1CC[C@H]2[C@@H]3CCC4=CC(=O)CC[C@]4(C)[C@H]3CC[C@]12CI. The van der Waals surface area contributed by atoms with Gasteiger partial charge in [-0.15, -0.1) is 0 Å². The second kappa shape index (κ2) is 7.14. The van der Waals surface area contributed by atoms with Crippen molar-refractivity contribution in [2.24, 2.45) is 34.5 Å². The Morgan fingerprint density at radius 3 is 2.70 bits per heavy atom. The normalized spacial score (nSPS) is 44.6. The van der Waals surface area contributed by atoms with Gasteiger partial charge >= 0.3 is 5.97 Å². The van der Waals surface area contributed by atoms with E-state index in [0.717, 1.165) is 37.0 Å². The van der Waals surface area contributed by atoms with Crippen LogP contribution in [0.25, 0.3) is 0 Å². The van der Waals surface area contributed by atoms with Crippen LogP contribution in [-0.4, -0.2) is 22.3 Å². The fraction of sp³-hybridized carbons (Fsp3) is 0.826. The number of carbonyl (C=O) groups excluding carboxylic acids is 2. The predicted octanol–water partition coefficient (Wildman–Crippen LogP) is 5.50. The standard InChI is InChI=1S/C23H33IO3/c1-14(27-15(2)25)19-6-7-21-18-5-4-16-12-17(26)8-10-22(16,3)20(18)9-11-23(19,21)13-24/h12,14,18-21H,4-11,13H2,1-3H3/t14-,18-,19-,20+,21+,22+,23+/m1/s1. The molecule has 4 aliphatic carbocycles. The minimum atomic E-state index is -0.143. The lowest BCUT2D eigenvalue weighted by atomic mass is 9.46. The van der Waals surface area contributed by atoms with Crippen molar-refractivity contribution < 1.29 is 14.3 Å². The summed E-state index contributed by atoms with van der Waals surface area (Å²) >= 11 is 2.61. The first kappa shape index (κ1) is 19.9. The number of allylic oxidation sites excluding steroid dienone is 1. The zero-order chi connectivity index (χ0) is 19.4. The zero-order valence-electron chi connectivity index (χ0n) is 16.9. The van der Waals surface area contributed by atoms with Crippen molar-refractivity contribution >= 4 is 34.3 Å². The lowest BCUT2D eigenvalue weighted by Gasteiger charge is -2.59. The average Bonchev–Trinajstić information content (AvgIpc) is 3.02. The molecule has 0 saturated heterocycles. The van der Waals surface area contributed by atoms with E-state index < -0.39 is 0 Å². The summed E-state index contributed by atoms with van der Waals surface area (Å²) in [4.78, 5) is 23.5. The number of alkyl halides is 1. The van der Waals surface area contributed by atoms with E-state index in [2.05, 4.69) is 36.4 Å². The maximum absolute atomic E-state index is 12.0. The summed E-state index contributed by atoms with van der Waals surface area (Å²) in [5.74, 6) is 2.96. The van der Waals surface area contributed by atoms with Crippen molar-refractivity contribution in [3.63, 3.8) is 0 Å². The summed E-state index contributed by atoms with van der Waals surface area (Å²) in [5, 5.41) is 0. The van der Waals surface area contributed by atoms with Gasteiger partial charge in [0.15, 0.2) is 5.78 Å². The molecule has 4 aliphatic rings. The second-order valence-corrected chi connectivity index (χ2v) is 10.6. The summed E-state index contributed by atoms with van der Waals surface area (Å²) < 4.78 is 6.85. The van der Waals surface area contributed by atoms with Gasteiger partial charge < -0.3 is 4.74 Å². The Morgan fingerprint density at radius 2 is 2.00 bits per heavy atom. The van der Waals surface area contributed by atoms with Crippen LogP contribution in [0.3, 0.4) is 0 Å². The van der Waals surface area contributed by atoms with Gasteiger partial charge in [0.25, 0.3) is 0 Å². The second-order valence-electron chi connectivity index (χ2n) is 9.87. The summed E-state index contributed by atoms with van der Waals surface area (Å²) in [6.07, 6.45) is 11.2. The topological polar surface area (TPSA) is 43.4 Å². The molecule has 4 heteroatoms. The van der Waals surface area contributed by atoms with Crippen molar-refractivity contribution in [2.45, 2.75) is 78.2 Å². The highest BCUT2D eigenvalue weighted by Gasteiger charge is 2.61. The molecule has 0 heterocycles. The van der Waals surface area contributed by atoms with Crippen molar-refractivity contribution in [3.05, 3.63) is 11.6 Å². The minimum Gasteiger partial charge on any atom is -0.463 e. The van der Waals surface area contributed by atoms with E-state index in [1.165, 1.54) is 49.0 Å². The van der Waals surface area contributed by atoms with Crippen LogP contribution in [0.2, 0.25) is 0 Å². The Balaban J connectivity index is 1.62. The lowest BCUT2D eigenvalue weighted by molar-refractivity contribution is -0.152. The number of halogens is 1. The van der Waals surface area contributed by atoms with E-state index in [-0.39, 0.29) is 17.5 Å². The van der Waals surface area contributed by atoms with E-state index >= 15 is 0 Å². The van der Waals surface area contributed by atoms with Crippen molar-refractivity contribution in [1.82, 2.24) is 0 Å². The highest BCUT2D eigenvalue weighted by atomic mass is 127. The number of fused-ring (bicyclic) bond motifs is 5. The van der Waals surface area contributed by atoms with Crippen LogP contribution in [0.4, 0.5) is 0 Å². The predicted molar refractivity (Wildman–Crippen MR) is 115 cm³/mol. The highest BCUT2D eigenvalue weighted by Crippen LogP contribution is 2.67. The molecule has 4 rings (SSSR count). The number of esters is 1. The molecule has 27 heavy (non-hydrogen) atoms.